The Morgan fingerprint density at radius 2 is 2.12 bits per heavy atom. The van der Waals surface area contributed by atoms with Crippen LogP contribution < -0.4 is 9.61 Å². The normalized spacial score (nSPS) is 33.3. The van der Waals surface area contributed by atoms with Gasteiger partial charge in [0.05, 0.1) is 12.1 Å². The van der Waals surface area contributed by atoms with Gasteiger partial charge in [-0.3, -0.25) is 4.79 Å². The van der Waals surface area contributed by atoms with Crippen molar-refractivity contribution in [3.63, 3.8) is 0 Å². The Bertz CT molecular complexity index is 858. The van der Waals surface area contributed by atoms with Gasteiger partial charge in [-0.25, -0.2) is 0 Å². The molecule has 2 aliphatic carbocycles. The number of benzene rings is 1. The van der Waals surface area contributed by atoms with Gasteiger partial charge in [0, 0.05) is 16.0 Å². The maximum atomic E-state index is 12.0. The van der Waals surface area contributed by atoms with Crippen LogP contribution in [0, 0.1) is 17.8 Å². The quantitative estimate of drug-likeness (QED) is 0.854. The van der Waals surface area contributed by atoms with Crippen molar-refractivity contribution in [1.82, 2.24) is 4.98 Å². The summed E-state index contributed by atoms with van der Waals surface area (Å²) in [4.78, 5) is 16.3. The molecular weight excluding hydrogens is 342 g/mol. The van der Waals surface area contributed by atoms with Crippen LogP contribution in [0.2, 0.25) is 0 Å². The number of aromatic hydroxyl groups is 1. The van der Waals surface area contributed by atoms with Crippen molar-refractivity contribution in [1.29, 1.82) is 0 Å². The lowest BCUT2D eigenvalue weighted by Gasteiger charge is -2.40. The van der Waals surface area contributed by atoms with Crippen LogP contribution in [0.3, 0.4) is 0 Å². The molecule has 1 aromatic heterocycles. The average Bonchev–Trinajstić information content (AvgIpc) is 3.26. The van der Waals surface area contributed by atoms with Crippen LogP contribution in [0.25, 0.3) is 0 Å². The molecule has 2 saturated carbocycles. The molecule has 0 radical (unpaired) electrons. The summed E-state index contributed by atoms with van der Waals surface area (Å²) in [6.45, 7) is 0. The minimum absolute atomic E-state index is 0.0376. The Morgan fingerprint density at radius 3 is 2.96 bits per heavy atom. The summed E-state index contributed by atoms with van der Waals surface area (Å²) < 4.78 is 5.32. The first kappa shape index (κ1) is 14.9. The second-order valence-corrected chi connectivity index (χ2v) is 9.31. The van der Waals surface area contributed by atoms with Gasteiger partial charge in [0.2, 0.25) is 0 Å². The van der Waals surface area contributed by atoms with Crippen LogP contribution in [0.15, 0.2) is 28.0 Å². The molecule has 1 aliphatic heterocycles. The summed E-state index contributed by atoms with van der Waals surface area (Å²) in [5.41, 5.74) is 1.16. The molecule has 1 aromatic carbocycles. The Hall–Kier alpha value is -1.40. The fourth-order valence-corrected chi connectivity index (χ4v) is 8.00. The number of aromatic nitrogens is 1. The van der Waals surface area contributed by atoms with Crippen LogP contribution in [-0.2, 0) is 0 Å². The second-order valence-electron chi connectivity index (χ2n) is 7.11. The molecule has 5 rings (SSSR count). The Kier molecular flexibility index (Phi) is 3.29. The number of fused-ring (bicyclic) bond motifs is 6. The number of hydrogen-bond donors (Lipinski definition) is 2. The van der Waals surface area contributed by atoms with Gasteiger partial charge in [0.25, 0.3) is 0 Å². The third-order valence-electron chi connectivity index (χ3n) is 6.03. The van der Waals surface area contributed by atoms with Crippen LogP contribution >= 0.6 is 23.1 Å². The van der Waals surface area contributed by atoms with E-state index in [4.69, 9.17) is 4.74 Å². The van der Waals surface area contributed by atoms with E-state index in [9.17, 15) is 9.90 Å². The first-order chi connectivity index (χ1) is 11.7. The zero-order chi connectivity index (χ0) is 16.4. The molecule has 0 unspecified atom stereocenters. The van der Waals surface area contributed by atoms with Gasteiger partial charge < -0.3 is 14.8 Å². The number of aromatic amines is 1. The molecule has 2 aromatic rings. The predicted octanol–water partition coefficient (Wildman–Crippen LogP) is 3.80. The number of rotatable bonds is 2. The zero-order valence-corrected chi connectivity index (χ0v) is 15.0. The van der Waals surface area contributed by atoms with Crippen molar-refractivity contribution < 1.29 is 9.84 Å². The molecule has 0 amide bonds. The minimum Gasteiger partial charge on any atom is -0.504 e. The van der Waals surface area contributed by atoms with E-state index in [-0.39, 0.29) is 16.5 Å². The van der Waals surface area contributed by atoms with Crippen molar-refractivity contribution in [3.05, 3.63) is 38.3 Å². The van der Waals surface area contributed by atoms with E-state index in [0.29, 0.717) is 16.9 Å². The highest BCUT2D eigenvalue weighted by molar-refractivity contribution is 8.00. The smallest absolute Gasteiger partial charge is 0.305 e. The lowest BCUT2D eigenvalue weighted by molar-refractivity contribution is 0.306. The summed E-state index contributed by atoms with van der Waals surface area (Å²) in [5.74, 6) is 3.03. The molecule has 4 nitrogen and oxygen atoms in total. The van der Waals surface area contributed by atoms with Gasteiger partial charge in [-0.2, -0.15) is 0 Å². The van der Waals surface area contributed by atoms with Crippen molar-refractivity contribution in [2.45, 2.75) is 35.5 Å². The number of H-pyrrole nitrogens is 1. The number of hydrogen-bond acceptors (Lipinski definition) is 5. The number of phenolic OH excluding ortho intramolecular Hbond substituents is 1. The summed E-state index contributed by atoms with van der Waals surface area (Å²) in [5, 5.41) is 11.6. The van der Waals surface area contributed by atoms with Crippen LogP contribution in [0.5, 0.6) is 11.5 Å². The van der Waals surface area contributed by atoms with Gasteiger partial charge in [0.1, 0.15) is 0 Å². The lowest BCUT2D eigenvalue weighted by Crippen LogP contribution is -2.33. The first-order valence-electron chi connectivity index (χ1n) is 8.42. The predicted molar refractivity (Wildman–Crippen MR) is 95.4 cm³/mol. The fraction of sp³-hybridized carbons (Fsp3) is 0.500. The summed E-state index contributed by atoms with van der Waals surface area (Å²) in [6, 6.07) is 5.66. The highest BCUT2D eigenvalue weighted by atomic mass is 32.2. The maximum absolute atomic E-state index is 12.0. The summed E-state index contributed by atoms with van der Waals surface area (Å²) in [6.07, 6.45) is 3.97. The number of nitrogens with one attached hydrogen (secondary N) is 1. The van der Waals surface area contributed by atoms with E-state index in [1.165, 1.54) is 35.5 Å². The van der Waals surface area contributed by atoms with Crippen molar-refractivity contribution in [3.8, 4) is 11.5 Å². The molecule has 24 heavy (non-hydrogen) atoms. The van der Waals surface area contributed by atoms with E-state index >= 15 is 0 Å². The largest absolute Gasteiger partial charge is 0.504 e. The SMILES string of the molecule is COc1cc([C@H]2c3sc(=O)[nH]c3S[C@H]3[C@@H]4CC[C@H](C4)[C@H]23)ccc1O. The number of thiazole rings is 1. The molecule has 2 N–H and O–H groups in total. The number of methoxy groups -OCH3 is 1. The summed E-state index contributed by atoms with van der Waals surface area (Å²) >= 11 is 3.25. The standard InChI is InChI=1S/C18H19NO3S2/c1-22-12-7-9(4-5-11(12)20)14-13-8-2-3-10(6-8)15(13)23-17-16(14)24-18(21)19-17/h4-5,7-8,10,13-15,20H,2-3,6H2,1H3,(H,19,21)/t8-,10-,13-,14-,15+/m1/s1. The van der Waals surface area contributed by atoms with E-state index < -0.39 is 0 Å². The molecule has 126 valence electrons. The van der Waals surface area contributed by atoms with Gasteiger partial charge in [-0.15, -0.1) is 11.8 Å². The molecule has 0 spiro atoms. The van der Waals surface area contributed by atoms with Gasteiger partial charge in [-0.05, 0) is 54.7 Å². The highest BCUT2D eigenvalue weighted by Gasteiger charge is 2.54. The first-order valence-corrected chi connectivity index (χ1v) is 10.1. The molecule has 5 atom stereocenters. The minimum atomic E-state index is 0.0376. The Labute approximate surface area is 148 Å². The van der Waals surface area contributed by atoms with Gasteiger partial charge in [-0.1, -0.05) is 17.4 Å². The lowest BCUT2D eigenvalue weighted by atomic mass is 9.75. The summed E-state index contributed by atoms with van der Waals surface area (Å²) in [7, 11) is 1.58. The monoisotopic (exact) mass is 361 g/mol. The third kappa shape index (κ3) is 2.02. The third-order valence-corrected chi connectivity index (χ3v) is 8.65. The van der Waals surface area contributed by atoms with E-state index in [1.807, 2.05) is 23.9 Å². The molecule has 0 saturated heterocycles. The van der Waals surface area contributed by atoms with Crippen LogP contribution in [0.1, 0.15) is 35.6 Å². The average molecular weight is 361 g/mol. The van der Waals surface area contributed by atoms with Crippen LogP contribution in [-0.4, -0.2) is 22.5 Å². The molecule has 2 bridgehead atoms. The maximum Gasteiger partial charge on any atom is 0.305 e. The molecule has 2 heterocycles. The highest BCUT2D eigenvalue weighted by Crippen LogP contribution is 2.63. The fourth-order valence-electron chi connectivity index (χ4n) is 5.11. The van der Waals surface area contributed by atoms with Gasteiger partial charge >= 0.3 is 4.87 Å². The van der Waals surface area contributed by atoms with E-state index in [2.05, 4.69) is 4.98 Å². The zero-order valence-electron chi connectivity index (χ0n) is 13.3. The van der Waals surface area contributed by atoms with Crippen molar-refractivity contribution in [2.75, 3.05) is 7.11 Å². The molecule has 3 aliphatic rings. The molecular formula is C18H19NO3S2. The molecule has 6 heteroatoms. The number of thioether (sulfide) groups is 1. The Morgan fingerprint density at radius 1 is 1.29 bits per heavy atom. The van der Waals surface area contributed by atoms with Crippen molar-refractivity contribution >= 4 is 23.1 Å². The number of ether oxygens (including phenoxy) is 1. The second kappa shape index (κ2) is 5.30. The topological polar surface area (TPSA) is 62.3 Å². The van der Waals surface area contributed by atoms with E-state index in [1.54, 1.807) is 13.2 Å². The number of phenols is 1. The van der Waals surface area contributed by atoms with Gasteiger partial charge in [0.15, 0.2) is 11.5 Å². The van der Waals surface area contributed by atoms with Crippen molar-refractivity contribution in [2.24, 2.45) is 17.8 Å². The molecule has 2 fully saturated rings. The van der Waals surface area contributed by atoms with E-state index in [0.717, 1.165) is 22.4 Å². The Balaban J connectivity index is 1.68. The van der Waals surface area contributed by atoms with Crippen LogP contribution in [0.4, 0.5) is 0 Å².